The van der Waals surface area contributed by atoms with Gasteiger partial charge in [-0.3, -0.25) is 9.78 Å². The molecule has 5 nitrogen and oxygen atoms in total. The van der Waals surface area contributed by atoms with E-state index in [9.17, 15) is 4.79 Å². The monoisotopic (exact) mass is 296 g/mol. The first-order valence-corrected chi connectivity index (χ1v) is 7.33. The van der Waals surface area contributed by atoms with Crippen LogP contribution in [0.1, 0.15) is 16.8 Å². The van der Waals surface area contributed by atoms with Crippen molar-refractivity contribution in [1.82, 2.24) is 20.1 Å². The first kappa shape index (κ1) is 15.2. The Morgan fingerprint density at radius 1 is 1.40 bits per heavy atom. The molecule has 110 valence electrons. The van der Waals surface area contributed by atoms with Gasteiger partial charge in [0.05, 0.1) is 10.6 Å². The average Bonchev–Trinajstić information content (AvgIpc) is 2.46. The van der Waals surface area contributed by atoms with Crippen molar-refractivity contribution >= 4 is 17.5 Å². The third-order valence-corrected chi connectivity index (χ3v) is 3.85. The minimum absolute atomic E-state index is 0.129. The molecule has 20 heavy (non-hydrogen) atoms. The zero-order chi connectivity index (χ0) is 14.4. The van der Waals surface area contributed by atoms with Crippen molar-refractivity contribution in [3.8, 4) is 0 Å². The fourth-order valence-electron chi connectivity index (χ4n) is 2.23. The number of aromatic nitrogens is 1. The van der Waals surface area contributed by atoms with Crippen molar-refractivity contribution in [2.75, 3.05) is 46.3 Å². The Morgan fingerprint density at radius 3 is 2.85 bits per heavy atom. The molecule has 0 radical (unpaired) electrons. The molecule has 0 saturated carbocycles. The number of carbonyl (C=O) groups is 1. The van der Waals surface area contributed by atoms with Crippen LogP contribution in [-0.2, 0) is 0 Å². The molecule has 0 unspecified atom stereocenters. The van der Waals surface area contributed by atoms with Gasteiger partial charge in [-0.25, -0.2) is 0 Å². The summed E-state index contributed by atoms with van der Waals surface area (Å²) in [5, 5.41) is 3.29. The topological polar surface area (TPSA) is 48.5 Å². The van der Waals surface area contributed by atoms with E-state index in [4.69, 9.17) is 11.6 Å². The standard InChI is InChI=1S/C14H21ClN4O/c1-18-7-9-19(10-8-18)6-2-4-17-14(20)12-3-5-16-11-13(12)15/h3,5,11H,2,4,6-10H2,1H3,(H,17,20). The van der Waals surface area contributed by atoms with Crippen molar-refractivity contribution in [2.45, 2.75) is 6.42 Å². The van der Waals surface area contributed by atoms with Crippen molar-refractivity contribution in [2.24, 2.45) is 0 Å². The van der Waals surface area contributed by atoms with E-state index in [0.717, 1.165) is 39.1 Å². The molecule has 6 heteroatoms. The molecule has 0 spiro atoms. The Kier molecular flexibility index (Phi) is 5.76. The van der Waals surface area contributed by atoms with Crippen LogP contribution in [0.2, 0.25) is 5.02 Å². The van der Waals surface area contributed by atoms with Crippen molar-refractivity contribution in [1.29, 1.82) is 0 Å². The minimum Gasteiger partial charge on any atom is -0.352 e. The summed E-state index contributed by atoms with van der Waals surface area (Å²) in [6, 6.07) is 1.64. The molecule has 0 bridgehead atoms. The van der Waals surface area contributed by atoms with E-state index in [2.05, 4.69) is 27.1 Å². The number of halogens is 1. The van der Waals surface area contributed by atoms with Crippen LogP contribution in [0, 0.1) is 0 Å². The Balaban J connectivity index is 1.66. The predicted molar refractivity (Wildman–Crippen MR) is 80.1 cm³/mol. The highest BCUT2D eigenvalue weighted by atomic mass is 35.5. The van der Waals surface area contributed by atoms with E-state index in [0.29, 0.717) is 17.1 Å². The molecule has 1 N–H and O–H groups in total. The van der Waals surface area contributed by atoms with Crippen molar-refractivity contribution in [3.63, 3.8) is 0 Å². The summed E-state index contributed by atoms with van der Waals surface area (Å²) >= 11 is 5.93. The van der Waals surface area contributed by atoms with Gasteiger partial charge in [0.2, 0.25) is 0 Å². The molecule has 0 aromatic carbocycles. The summed E-state index contributed by atoms with van der Waals surface area (Å²) in [5.74, 6) is -0.129. The molecular formula is C14H21ClN4O. The van der Waals surface area contributed by atoms with Crippen molar-refractivity contribution < 1.29 is 4.79 Å². The predicted octanol–water partition coefficient (Wildman–Crippen LogP) is 1.10. The van der Waals surface area contributed by atoms with Gasteiger partial charge in [0.15, 0.2) is 0 Å². The van der Waals surface area contributed by atoms with Crippen LogP contribution in [-0.4, -0.2) is 67.0 Å². The maximum Gasteiger partial charge on any atom is 0.252 e. The normalized spacial score (nSPS) is 17.1. The second-order valence-electron chi connectivity index (χ2n) is 5.11. The fourth-order valence-corrected chi connectivity index (χ4v) is 2.44. The summed E-state index contributed by atoms with van der Waals surface area (Å²) in [5.41, 5.74) is 0.487. The maximum absolute atomic E-state index is 11.9. The Morgan fingerprint density at radius 2 is 2.15 bits per heavy atom. The molecule has 0 aliphatic carbocycles. The summed E-state index contributed by atoms with van der Waals surface area (Å²) in [4.78, 5) is 20.6. The second kappa shape index (κ2) is 7.57. The van der Waals surface area contributed by atoms with E-state index in [1.807, 2.05) is 0 Å². The fraction of sp³-hybridized carbons (Fsp3) is 0.571. The third-order valence-electron chi connectivity index (χ3n) is 3.55. The number of piperazine rings is 1. The molecule has 1 aromatic heterocycles. The van der Waals surface area contributed by atoms with Gasteiger partial charge in [0.25, 0.3) is 5.91 Å². The maximum atomic E-state index is 11.9. The van der Waals surface area contributed by atoms with E-state index in [1.54, 1.807) is 12.3 Å². The Labute approximate surface area is 124 Å². The number of likely N-dealkylation sites (N-methyl/N-ethyl adjacent to an activating group) is 1. The van der Waals surface area contributed by atoms with Gasteiger partial charge in [0, 0.05) is 45.1 Å². The number of pyridine rings is 1. The SMILES string of the molecule is CN1CCN(CCCNC(=O)c2ccncc2Cl)CC1. The van der Waals surface area contributed by atoms with Crippen molar-refractivity contribution in [3.05, 3.63) is 29.0 Å². The first-order chi connectivity index (χ1) is 9.66. The smallest absolute Gasteiger partial charge is 0.252 e. The minimum atomic E-state index is -0.129. The largest absolute Gasteiger partial charge is 0.352 e. The van der Waals surface area contributed by atoms with Gasteiger partial charge in [-0.15, -0.1) is 0 Å². The Bertz CT molecular complexity index is 447. The molecule has 1 fully saturated rings. The molecular weight excluding hydrogens is 276 g/mol. The lowest BCUT2D eigenvalue weighted by molar-refractivity contribution is 0.0949. The molecule has 2 heterocycles. The third kappa shape index (κ3) is 4.44. The summed E-state index contributed by atoms with van der Waals surface area (Å²) < 4.78 is 0. The molecule has 1 aliphatic heterocycles. The first-order valence-electron chi connectivity index (χ1n) is 6.95. The number of carbonyl (C=O) groups excluding carboxylic acids is 1. The van der Waals surface area contributed by atoms with Crippen LogP contribution in [0.3, 0.4) is 0 Å². The molecule has 1 amide bonds. The Hall–Kier alpha value is -1.17. The van der Waals surface area contributed by atoms with Gasteiger partial charge in [-0.1, -0.05) is 11.6 Å². The summed E-state index contributed by atoms with van der Waals surface area (Å²) in [6.45, 7) is 6.17. The molecule has 0 atom stereocenters. The quantitative estimate of drug-likeness (QED) is 0.827. The zero-order valence-corrected chi connectivity index (χ0v) is 12.6. The number of hydrogen-bond acceptors (Lipinski definition) is 4. The van der Waals surface area contributed by atoms with Crippen LogP contribution in [0.15, 0.2) is 18.5 Å². The highest BCUT2D eigenvalue weighted by molar-refractivity contribution is 6.33. The molecule has 1 aliphatic rings. The molecule has 1 saturated heterocycles. The number of nitrogens with one attached hydrogen (secondary N) is 1. The van der Waals surface area contributed by atoms with Gasteiger partial charge in [0.1, 0.15) is 0 Å². The number of rotatable bonds is 5. The average molecular weight is 297 g/mol. The van der Waals surface area contributed by atoms with E-state index < -0.39 is 0 Å². The van der Waals surface area contributed by atoms with Gasteiger partial charge in [-0.2, -0.15) is 0 Å². The van der Waals surface area contributed by atoms with E-state index in [-0.39, 0.29) is 5.91 Å². The van der Waals surface area contributed by atoms with Crippen LogP contribution < -0.4 is 5.32 Å². The van der Waals surface area contributed by atoms with E-state index in [1.165, 1.54) is 6.20 Å². The number of nitrogens with zero attached hydrogens (tertiary/aromatic N) is 3. The van der Waals surface area contributed by atoms with Gasteiger partial charge in [-0.05, 0) is 26.1 Å². The second-order valence-corrected chi connectivity index (χ2v) is 5.52. The van der Waals surface area contributed by atoms with Crippen LogP contribution in [0.5, 0.6) is 0 Å². The van der Waals surface area contributed by atoms with Gasteiger partial charge >= 0.3 is 0 Å². The van der Waals surface area contributed by atoms with E-state index >= 15 is 0 Å². The highest BCUT2D eigenvalue weighted by Gasteiger charge is 2.13. The lowest BCUT2D eigenvalue weighted by Crippen LogP contribution is -2.45. The lowest BCUT2D eigenvalue weighted by Gasteiger charge is -2.32. The summed E-state index contributed by atoms with van der Waals surface area (Å²) in [6.07, 6.45) is 4.02. The van der Waals surface area contributed by atoms with Gasteiger partial charge < -0.3 is 15.1 Å². The zero-order valence-electron chi connectivity index (χ0n) is 11.8. The lowest BCUT2D eigenvalue weighted by atomic mass is 10.2. The molecule has 2 rings (SSSR count). The molecule has 1 aromatic rings. The van der Waals surface area contributed by atoms with Crippen LogP contribution in [0.25, 0.3) is 0 Å². The van der Waals surface area contributed by atoms with Crippen LogP contribution in [0.4, 0.5) is 0 Å². The number of hydrogen-bond donors (Lipinski definition) is 1. The summed E-state index contributed by atoms with van der Waals surface area (Å²) in [7, 11) is 2.15. The highest BCUT2D eigenvalue weighted by Crippen LogP contribution is 2.12. The number of amides is 1. The van der Waals surface area contributed by atoms with Crippen LogP contribution >= 0.6 is 11.6 Å².